The molecule has 0 aromatic carbocycles. The lowest BCUT2D eigenvalue weighted by molar-refractivity contribution is -0.141. The highest BCUT2D eigenvalue weighted by Crippen LogP contribution is 2.28. The van der Waals surface area contributed by atoms with Crippen molar-refractivity contribution in [2.24, 2.45) is 0 Å². The summed E-state index contributed by atoms with van der Waals surface area (Å²) in [6.07, 6.45) is -0.986. The fraction of sp³-hybridized carbons (Fsp3) is 0.583. The Bertz CT molecular complexity index is 333. The molecule has 96 valence electrons. The predicted octanol–water partition coefficient (Wildman–Crippen LogP) is 3.73. The van der Waals surface area contributed by atoms with E-state index >= 15 is 0 Å². The van der Waals surface area contributed by atoms with Crippen molar-refractivity contribution in [2.75, 3.05) is 18.0 Å². The third-order valence-corrected chi connectivity index (χ3v) is 2.57. The summed E-state index contributed by atoms with van der Waals surface area (Å²) in [6, 6.07) is 2.51. The van der Waals surface area contributed by atoms with Gasteiger partial charge in [-0.3, -0.25) is 0 Å². The van der Waals surface area contributed by atoms with Gasteiger partial charge in [-0.1, -0.05) is 13.3 Å². The lowest BCUT2D eigenvalue weighted by Gasteiger charge is -2.22. The number of alkyl halides is 3. The molecule has 0 unspecified atom stereocenters. The van der Waals surface area contributed by atoms with Gasteiger partial charge in [0.1, 0.15) is 5.69 Å². The topological polar surface area (TPSA) is 16.1 Å². The highest BCUT2D eigenvalue weighted by Gasteiger charge is 2.32. The maximum absolute atomic E-state index is 12.3. The van der Waals surface area contributed by atoms with Crippen LogP contribution in [0, 0.1) is 0 Å². The molecule has 1 aromatic heterocycles. The molecule has 0 radical (unpaired) electrons. The van der Waals surface area contributed by atoms with Gasteiger partial charge in [-0.15, -0.1) is 0 Å². The van der Waals surface area contributed by atoms with Crippen LogP contribution in [-0.4, -0.2) is 18.1 Å². The quantitative estimate of drug-likeness (QED) is 0.787. The molecule has 2 nitrogen and oxygen atoms in total. The van der Waals surface area contributed by atoms with Gasteiger partial charge < -0.3 is 4.90 Å². The summed E-state index contributed by atoms with van der Waals surface area (Å²) in [7, 11) is 0. The highest BCUT2D eigenvalue weighted by molar-refractivity contribution is 5.44. The van der Waals surface area contributed by atoms with Crippen molar-refractivity contribution in [2.45, 2.75) is 32.9 Å². The van der Waals surface area contributed by atoms with Gasteiger partial charge in [0.15, 0.2) is 0 Å². The predicted molar refractivity (Wildman–Crippen MR) is 62.0 cm³/mol. The van der Waals surface area contributed by atoms with Crippen LogP contribution < -0.4 is 4.90 Å². The molecule has 5 heteroatoms. The monoisotopic (exact) mass is 246 g/mol. The van der Waals surface area contributed by atoms with Crippen molar-refractivity contribution in [1.82, 2.24) is 4.98 Å². The Labute approximate surface area is 99.5 Å². The molecule has 0 saturated heterocycles. The van der Waals surface area contributed by atoms with E-state index in [1.165, 1.54) is 12.3 Å². The maximum atomic E-state index is 12.3. The Morgan fingerprint density at radius 2 is 1.94 bits per heavy atom. The zero-order valence-corrected chi connectivity index (χ0v) is 10.1. The third-order valence-electron chi connectivity index (χ3n) is 2.57. The highest BCUT2D eigenvalue weighted by atomic mass is 19.4. The van der Waals surface area contributed by atoms with Gasteiger partial charge in [0.05, 0.1) is 11.9 Å². The average molecular weight is 246 g/mol. The van der Waals surface area contributed by atoms with E-state index in [-0.39, 0.29) is 0 Å². The Morgan fingerprint density at radius 3 is 2.35 bits per heavy atom. The van der Waals surface area contributed by atoms with E-state index in [4.69, 9.17) is 0 Å². The molecule has 0 aliphatic heterocycles. The van der Waals surface area contributed by atoms with E-state index in [1.54, 1.807) is 0 Å². The summed E-state index contributed by atoms with van der Waals surface area (Å²) in [6.45, 7) is 5.68. The van der Waals surface area contributed by atoms with Gasteiger partial charge in [0.25, 0.3) is 0 Å². The van der Waals surface area contributed by atoms with Crippen molar-refractivity contribution in [1.29, 1.82) is 0 Å². The van der Waals surface area contributed by atoms with Gasteiger partial charge >= 0.3 is 6.18 Å². The minimum Gasteiger partial charge on any atom is -0.371 e. The van der Waals surface area contributed by atoms with Crippen molar-refractivity contribution in [3.63, 3.8) is 0 Å². The van der Waals surface area contributed by atoms with Gasteiger partial charge in [0.2, 0.25) is 0 Å². The first-order valence-electron chi connectivity index (χ1n) is 5.77. The fourth-order valence-corrected chi connectivity index (χ4v) is 1.56. The van der Waals surface area contributed by atoms with Crippen molar-refractivity contribution in [3.8, 4) is 0 Å². The van der Waals surface area contributed by atoms with Crippen LogP contribution in [0.4, 0.5) is 18.9 Å². The zero-order chi connectivity index (χ0) is 12.9. The Kier molecular flexibility index (Phi) is 4.78. The van der Waals surface area contributed by atoms with Crippen LogP contribution in [0.2, 0.25) is 0 Å². The molecule has 0 saturated carbocycles. The standard InChI is InChI=1S/C12H17F3N2/c1-3-5-8-17(4-2)10-6-7-11(16-9-10)12(13,14)15/h6-7,9H,3-5,8H2,1-2H3. The van der Waals surface area contributed by atoms with Crippen LogP contribution >= 0.6 is 0 Å². The lowest BCUT2D eigenvalue weighted by Crippen LogP contribution is -2.24. The number of nitrogens with zero attached hydrogens (tertiary/aromatic N) is 2. The summed E-state index contributed by atoms with van der Waals surface area (Å²) < 4.78 is 37.0. The first-order valence-corrected chi connectivity index (χ1v) is 5.77. The van der Waals surface area contributed by atoms with E-state index in [0.29, 0.717) is 0 Å². The van der Waals surface area contributed by atoms with Crippen molar-refractivity contribution < 1.29 is 13.2 Å². The Morgan fingerprint density at radius 1 is 1.24 bits per heavy atom. The average Bonchev–Trinajstić information content (AvgIpc) is 2.29. The molecule has 0 amide bonds. The Balaban J connectivity index is 2.78. The molecule has 0 bridgehead atoms. The minimum absolute atomic E-state index is 0.744. The zero-order valence-electron chi connectivity index (χ0n) is 10.1. The molecule has 1 heterocycles. The van der Waals surface area contributed by atoms with Crippen LogP contribution in [0.1, 0.15) is 32.4 Å². The lowest BCUT2D eigenvalue weighted by atomic mass is 10.2. The van der Waals surface area contributed by atoms with Crippen LogP contribution in [0.25, 0.3) is 0 Å². The van der Waals surface area contributed by atoms with Crippen LogP contribution in [0.15, 0.2) is 18.3 Å². The van der Waals surface area contributed by atoms with Crippen LogP contribution in [0.3, 0.4) is 0 Å². The van der Waals surface area contributed by atoms with E-state index in [2.05, 4.69) is 11.9 Å². The second kappa shape index (κ2) is 5.89. The molecule has 17 heavy (non-hydrogen) atoms. The first-order chi connectivity index (χ1) is 7.99. The van der Waals surface area contributed by atoms with E-state index in [9.17, 15) is 13.2 Å². The van der Waals surface area contributed by atoms with Gasteiger partial charge in [0, 0.05) is 13.1 Å². The second-order valence-corrected chi connectivity index (χ2v) is 3.83. The molecule has 0 fully saturated rings. The van der Waals surface area contributed by atoms with E-state index in [1.807, 2.05) is 11.8 Å². The van der Waals surface area contributed by atoms with Gasteiger partial charge in [-0.25, -0.2) is 4.98 Å². The molecular formula is C12H17F3N2. The molecule has 0 atom stereocenters. The maximum Gasteiger partial charge on any atom is 0.433 e. The molecule has 0 aliphatic rings. The normalized spacial score (nSPS) is 11.6. The molecule has 1 aromatic rings. The summed E-state index contributed by atoms with van der Waals surface area (Å²) in [4.78, 5) is 5.48. The number of halogens is 3. The fourth-order valence-electron chi connectivity index (χ4n) is 1.56. The Hall–Kier alpha value is -1.26. The molecule has 0 N–H and O–H groups in total. The number of hydrogen-bond acceptors (Lipinski definition) is 2. The summed E-state index contributed by atoms with van der Waals surface area (Å²) in [5.41, 5.74) is -0.0956. The largest absolute Gasteiger partial charge is 0.433 e. The van der Waals surface area contributed by atoms with Crippen molar-refractivity contribution in [3.05, 3.63) is 24.0 Å². The molecule has 0 spiro atoms. The molecular weight excluding hydrogens is 229 g/mol. The number of rotatable bonds is 5. The summed E-state index contributed by atoms with van der Waals surface area (Å²) in [5.74, 6) is 0. The van der Waals surface area contributed by atoms with Gasteiger partial charge in [-0.05, 0) is 25.5 Å². The second-order valence-electron chi connectivity index (χ2n) is 3.83. The number of anilines is 1. The van der Waals surface area contributed by atoms with E-state index < -0.39 is 11.9 Å². The van der Waals surface area contributed by atoms with Crippen LogP contribution in [-0.2, 0) is 6.18 Å². The summed E-state index contributed by atoms with van der Waals surface area (Å²) >= 11 is 0. The number of hydrogen-bond donors (Lipinski definition) is 0. The smallest absolute Gasteiger partial charge is 0.371 e. The first kappa shape index (κ1) is 13.8. The number of pyridine rings is 1. The number of aromatic nitrogens is 1. The SMILES string of the molecule is CCCCN(CC)c1ccc(C(F)(F)F)nc1. The summed E-state index contributed by atoms with van der Waals surface area (Å²) in [5, 5.41) is 0. The van der Waals surface area contributed by atoms with E-state index in [0.717, 1.165) is 37.7 Å². The third kappa shape index (κ3) is 3.91. The van der Waals surface area contributed by atoms with Crippen LogP contribution in [0.5, 0.6) is 0 Å². The van der Waals surface area contributed by atoms with Crippen molar-refractivity contribution >= 4 is 5.69 Å². The molecule has 1 rings (SSSR count). The van der Waals surface area contributed by atoms with Gasteiger partial charge in [-0.2, -0.15) is 13.2 Å². The number of unbranched alkanes of at least 4 members (excludes halogenated alkanes) is 1. The molecule has 0 aliphatic carbocycles. The minimum atomic E-state index is -4.36.